The van der Waals surface area contributed by atoms with Gasteiger partial charge in [-0.3, -0.25) is 0 Å². The molecule has 1 N–H and O–H groups in total. The van der Waals surface area contributed by atoms with Crippen molar-refractivity contribution >= 4 is 15.9 Å². The lowest BCUT2D eigenvalue weighted by atomic mass is 9.91. The Hall–Kier alpha value is -0.580. The largest absolute Gasteiger partial charge is 0.496 e. The number of halogens is 1. The van der Waals surface area contributed by atoms with Gasteiger partial charge in [0.25, 0.3) is 0 Å². The fourth-order valence-corrected chi connectivity index (χ4v) is 1.84. The number of benzene rings is 1. The molecule has 0 aliphatic carbocycles. The molecule has 0 aromatic heterocycles. The average molecular weight is 259 g/mol. The Morgan fingerprint density at radius 2 is 2.21 bits per heavy atom. The van der Waals surface area contributed by atoms with Crippen molar-refractivity contribution in [3.63, 3.8) is 0 Å². The van der Waals surface area contributed by atoms with Crippen LogP contribution in [-0.2, 0) is 10.3 Å². The molecule has 0 amide bonds. The van der Waals surface area contributed by atoms with E-state index in [4.69, 9.17) is 9.47 Å². The summed E-state index contributed by atoms with van der Waals surface area (Å²) in [5.74, 6) is 0.685. The minimum absolute atomic E-state index is 0.338. The fraction of sp³-hybridized carbons (Fsp3) is 0.400. The van der Waals surface area contributed by atoms with Crippen molar-refractivity contribution in [1.29, 1.82) is 0 Å². The van der Waals surface area contributed by atoms with Gasteiger partial charge in [0, 0.05) is 10.0 Å². The Bertz CT molecular complexity index is 347. The van der Waals surface area contributed by atoms with Crippen LogP contribution in [0.4, 0.5) is 0 Å². The molecule has 1 saturated heterocycles. The Morgan fingerprint density at radius 3 is 2.71 bits per heavy atom. The maximum atomic E-state index is 10.1. The predicted molar refractivity (Wildman–Crippen MR) is 55.4 cm³/mol. The summed E-state index contributed by atoms with van der Waals surface area (Å²) in [6.07, 6.45) is 0. The van der Waals surface area contributed by atoms with E-state index in [9.17, 15) is 5.11 Å². The number of rotatable bonds is 2. The van der Waals surface area contributed by atoms with Gasteiger partial charge in [-0.15, -0.1) is 0 Å². The third-order valence-corrected chi connectivity index (χ3v) is 2.84. The summed E-state index contributed by atoms with van der Waals surface area (Å²) >= 11 is 3.35. The molecule has 0 bridgehead atoms. The Labute approximate surface area is 90.8 Å². The lowest BCUT2D eigenvalue weighted by Crippen LogP contribution is -2.46. The number of methoxy groups -OCH3 is 1. The van der Waals surface area contributed by atoms with Gasteiger partial charge in [-0.25, -0.2) is 0 Å². The van der Waals surface area contributed by atoms with E-state index in [1.807, 2.05) is 18.2 Å². The zero-order valence-electron chi connectivity index (χ0n) is 7.79. The summed E-state index contributed by atoms with van der Waals surface area (Å²) in [7, 11) is 1.59. The van der Waals surface area contributed by atoms with E-state index >= 15 is 0 Å². The molecule has 4 heteroatoms. The molecule has 1 aromatic carbocycles. The highest BCUT2D eigenvalue weighted by Gasteiger charge is 2.40. The van der Waals surface area contributed by atoms with Crippen LogP contribution in [0.5, 0.6) is 5.75 Å². The van der Waals surface area contributed by atoms with Crippen molar-refractivity contribution in [3.05, 3.63) is 28.2 Å². The maximum absolute atomic E-state index is 10.1. The van der Waals surface area contributed by atoms with Crippen LogP contribution in [0.15, 0.2) is 22.7 Å². The molecule has 0 unspecified atom stereocenters. The van der Waals surface area contributed by atoms with Gasteiger partial charge in [-0.05, 0) is 12.1 Å². The smallest absolute Gasteiger partial charge is 0.140 e. The molecule has 76 valence electrons. The first-order chi connectivity index (χ1) is 6.65. The van der Waals surface area contributed by atoms with Crippen molar-refractivity contribution in [1.82, 2.24) is 0 Å². The van der Waals surface area contributed by atoms with Gasteiger partial charge in [-0.1, -0.05) is 22.0 Å². The first-order valence-corrected chi connectivity index (χ1v) is 5.09. The molecule has 1 aromatic rings. The van der Waals surface area contributed by atoms with E-state index in [2.05, 4.69) is 15.9 Å². The molecular weight excluding hydrogens is 248 g/mol. The first kappa shape index (κ1) is 9.96. The van der Waals surface area contributed by atoms with Gasteiger partial charge in [-0.2, -0.15) is 0 Å². The monoisotopic (exact) mass is 258 g/mol. The highest BCUT2D eigenvalue weighted by Crippen LogP contribution is 2.36. The van der Waals surface area contributed by atoms with Crippen molar-refractivity contribution in [2.45, 2.75) is 5.60 Å². The zero-order chi connectivity index (χ0) is 10.2. The van der Waals surface area contributed by atoms with Gasteiger partial charge in [0.05, 0.1) is 20.3 Å². The van der Waals surface area contributed by atoms with Gasteiger partial charge >= 0.3 is 0 Å². The topological polar surface area (TPSA) is 38.7 Å². The molecule has 1 aliphatic heterocycles. The number of ether oxygens (including phenoxy) is 2. The van der Waals surface area contributed by atoms with Gasteiger partial charge in [0.15, 0.2) is 0 Å². The Morgan fingerprint density at radius 1 is 1.50 bits per heavy atom. The first-order valence-electron chi connectivity index (χ1n) is 4.30. The lowest BCUT2D eigenvalue weighted by molar-refractivity contribution is -0.185. The molecule has 0 radical (unpaired) electrons. The highest BCUT2D eigenvalue weighted by atomic mass is 79.9. The highest BCUT2D eigenvalue weighted by molar-refractivity contribution is 9.10. The third-order valence-electron chi connectivity index (χ3n) is 2.35. The normalized spacial score (nSPS) is 18.8. The van der Waals surface area contributed by atoms with E-state index in [-0.39, 0.29) is 0 Å². The van der Waals surface area contributed by atoms with Crippen LogP contribution < -0.4 is 4.74 Å². The quantitative estimate of drug-likeness (QED) is 0.878. The van der Waals surface area contributed by atoms with Crippen LogP contribution in [0.2, 0.25) is 0 Å². The molecular formula is C10H11BrO3. The van der Waals surface area contributed by atoms with E-state index in [1.54, 1.807) is 7.11 Å². The van der Waals surface area contributed by atoms with Crippen LogP contribution >= 0.6 is 15.9 Å². The van der Waals surface area contributed by atoms with Crippen LogP contribution in [0.1, 0.15) is 5.56 Å². The minimum Gasteiger partial charge on any atom is -0.496 e. The Kier molecular flexibility index (Phi) is 2.51. The molecule has 2 rings (SSSR count). The molecule has 0 spiro atoms. The van der Waals surface area contributed by atoms with Crippen molar-refractivity contribution in [2.75, 3.05) is 20.3 Å². The van der Waals surface area contributed by atoms with Crippen molar-refractivity contribution in [3.8, 4) is 5.75 Å². The molecule has 14 heavy (non-hydrogen) atoms. The summed E-state index contributed by atoms with van der Waals surface area (Å²) in [6, 6.07) is 5.57. The summed E-state index contributed by atoms with van der Waals surface area (Å²) in [5.41, 5.74) is -0.0825. The van der Waals surface area contributed by atoms with Crippen molar-refractivity contribution in [2.24, 2.45) is 0 Å². The second-order valence-corrected chi connectivity index (χ2v) is 4.28. The van der Waals surface area contributed by atoms with Crippen LogP contribution in [-0.4, -0.2) is 25.4 Å². The number of aliphatic hydroxyl groups is 1. The molecule has 1 heterocycles. The van der Waals surface area contributed by atoms with E-state index < -0.39 is 5.60 Å². The zero-order valence-corrected chi connectivity index (χ0v) is 9.37. The minimum atomic E-state index is -0.869. The summed E-state index contributed by atoms with van der Waals surface area (Å²) < 4.78 is 11.1. The van der Waals surface area contributed by atoms with Gasteiger partial charge in [0.2, 0.25) is 0 Å². The maximum Gasteiger partial charge on any atom is 0.140 e. The molecule has 0 atom stereocenters. The standard InChI is InChI=1S/C10H11BrO3/c1-13-9-4-7(11)2-3-8(9)10(12)5-14-6-10/h2-4,12H,5-6H2,1H3. The van der Waals surface area contributed by atoms with Crippen LogP contribution in [0, 0.1) is 0 Å². The predicted octanol–water partition coefficient (Wildman–Crippen LogP) is 1.68. The van der Waals surface area contributed by atoms with E-state index in [0.29, 0.717) is 19.0 Å². The second kappa shape index (κ2) is 3.53. The van der Waals surface area contributed by atoms with E-state index in [0.717, 1.165) is 10.0 Å². The molecule has 1 fully saturated rings. The summed E-state index contributed by atoms with van der Waals surface area (Å²) in [4.78, 5) is 0. The lowest BCUT2D eigenvalue weighted by Gasteiger charge is -2.37. The molecule has 3 nitrogen and oxygen atoms in total. The number of hydrogen-bond donors (Lipinski definition) is 1. The fourth-order valence-electron chi connectivity index (χ4n) is 1.50. The van der Waals surface area contributed by atoms with E-state index in [1.165, 1.54) is 0 Å². The average Bonchev–Trinajstić information content (AvgIpc) is 2.14. The van der Waals surface area contributed by atoms with Crippen LogP contribution in [0.3, 0.4) is 0 Å². The SMILES string of the molecule is COc1cc(Br)ccc1C1(O)COC1. The molecule has 1 aliphatic rings. The van der Waals surface area contributed by atoms with Gasteiger partial charge < -0.3 is 14.6 Å². The third kappa shape index (κ3) is 1.54. The van der Waals surface area contributed by atoms with Gasteiger partial charge in [0.1, 0.15) is 11.4 Å². The van der Waals surface area contributed by atoms with Crippen LogP contribution in [0.25, 0.3) is 0 Å². The summed E-state index contributed by atoms with van der Waals surface area (Å²) in [6.45, 7) is 0.677. The number of hydrogen-bond acceptors (Lipinski definition) is 3. The Balaban J connectivity index is 2.41. The second-order valence-electron chi connectivity index (χ2n) is 3.37. The molecule has 0 saturated carbocycles. The summed E-state index contributed by atoms with van der Waals surface area (Å²) in [5, 5.41) is 10.1. The van der Waals surface area contributed by atoms with Crippen molar-refractivity contribution < 1.29 is 14.6 Å².